The van der Waals surface area contributed by atoms with Crippen LogP contribution in [0.5, 0.6) is 5.75 Å². The summed E-state index contributed by atoms with van der Waals surface area (Å²) in [5, 5.41) is 0. The van der Waals surface area contributed by atoms with E-state index in [-0.39, 0.29) is 11.7 Å². The fourth-order valence-corrected chi connectivity index (χ4v) is 1.58. The SMILES string of the molecule is COc1cc(C(C)C)ccc1C(=O)C(C)C. The van der Waals surface area contributed by atoms with Crippen LogP contribution in [0.1, 0.15) is 49.5 Å². The smallest absolute Gasteiger partial charge is 0.169 e. The van der Waals surface area contributed by atoms with E-state index in [0.717, 1.165) is 0 Å². The topological polar surface area (TPSA) is 26.3 Å². The molecule has 2 heteroatoms. The largest absolute Gasteiger partial charge is 0.496 e. The monoisotopic (exact) mass is 220 g/mol. The molecule has 1 rings (SSSR count). The van der Waals surface area contributed by atoms with Gasteiger partial charge in [0.2, 0.25) is 0 Å². The van der Waals surface area contributed by atoms with Gasteiger partial charge in [0.05, 0.1) is 12.7 Å². The van der Waals surface area contributed by atoms with Gasteiger partial charge in [-0.15, -0.1) is 0 Å². The summed E-state index contributed by atoms with van der Waals surface area (Å²) in [4.78, 5) is 11.9. The summed E-state index contributed by atoms with van der Waals surface area (Å²) in [7, 11) is 1.61. The van der Waals surface area contributed by atoms with E-state index >= 15 is 0 Å². The Morgan fingerprint density at radius 3 is 2.25 bits per heavy atom. The Morgan fingerprint density at radius 2 is 1.81 bits per heavy atom. The number of carbonyl (C=O) groups is 1. The van der Waals surface area contributed by atoms with Gasteiger partial charge in [-0.25, -0.2) is 0 Å². The molecule has 16 heavy (non-hydrogen) atoms. The van der Waals surface area contributed by atoms with Crippen LogP contribution >= 0.6 is 0 Å². The summed E-state index contributed by atoms with van der Waals surface area (Å²) in [6.45, 7) is 8.05. The van der Waals surface area contributed by atoms with Crippen molar-refractivity contribution < 1.29 is 9.53 Å². The number of hydrogen-bond acceptors (Lipinski definition) is 2. The van der Waals surface area contributed by atoms with Crippen molar-refractivity contribution in [2.45, 2.75) is 33.6 Å². The number of methoxy groups -OCH3 is 1. The molecule has 0 amide bonds. The first-order valence-electron chi connectivity index (χ1n) is 5.69. The number of benzene rings is 1. The molecule has 0 saturated heterocycles. The van der Waals surface area contributed by atoms with Crippen LogP contribution in [-0.2, 0) is 0 Å². The van der Waals surface area contributed by atoms with Crippen molar-refractivity contribution in [3.63, 3.8) is 0 Å². The number of rotatable bonds is 4. The minimum Gasteiger partial charge on any atom is -0.496 e. The summed E-state index contributed by atoms with van der Waals surface area (Å²) >= 11 is 0. The molecule has 88 valence electrons. The normalized spacial score (nSPS) is 10.9. The molecule has 0 heterocycles. The molecule has 0 N–H and O–H groups in total. The van der Waals surface area contributed by atoms with E-state index < -0.39 is 0 Å². The van der Waals surface area contributed by atoms with Crippen LogP contribution in [0.2, 0.25) is 0 Å². The fourth-order valence-electron chi connectivity index (χ4n) is 1.58. The Balaban J connectivity index is 3.17. The van der Waals surface area contributed by atoms with E-state index in [1.165, 1.54) is 5.56 Å². The van der Waals surface area contributed by atoms with Gasteiger partial charge in [-0.1, -0.05) is 33.8 Å². The third-order valence-corrected chi connectivity index (χ3v) is 2.68. The van der Waals surface area contributed by atoms with Gasteiger partial charge in [-0.05, 0) is 23.6 Å². The molecule has 0 saturated carbocycles. The molecule has 0 bridgehead atoms. The van der Waals surface area contributed by atoms with Crippen molar-refractivity contribution in [3.05, 3.63) is 29.3 Å². The molecule has 1 aromatic rings. The third kappa shape index (κ3) is 2.63. The second kappa shape index (κ2) is 5.15. The third-order valence-electron chi connectivity index (χ3n) is 2.68. The molecule has 0 unspecified atom stereocenters. The molecule has 0 fully saturated rings. The number of hydrogen-bond donors (Lipinski definition) is 0. The minimum atomic E-state index is -0.00111. The summed E-state index contributed by atoms with van der Waals surface area (Å²) in [5.74, 6) is 1.26. The maximum atomic E-state index is 11.9. The van der Waals surface area contributed by atoms with Crippen LogP contribution in [0.25, 0.3) is 0 Å². The highest BCUT2D eigenvalue weighted by atomic mass is 16.5. The number of carbonyl (C=O) groups excluding carboxylic acids is 1. The summed E-state index contributed by atoms with van der Waals surface area (Å²) in [5.41, 5.74) is 1.87. The highest BCUT2D eigenvalue weighted by Crippen LogP contribution is 2.26. The van der Waals surface area contributed by atoms with E-state index in [9.17, 15) is 4.79 Å². The molecule has 0 aliphatic carbocycles. The van der Waals surface area contributed by atoms with E-state index in [4.69, 9.17) is 4.74 Å². The molecular formula is C14H20O2. The summed E-state index contributed by atoms with van der Waals surface area (Å²) in [6.07, 6.45) is 0. The molecule has 0 atom stereocenters. The van der Waals surface area contributed by atoms with E-state index in [0.29, 0.717) is 17.2 Å². The van der Waals surface area contributed by atoms with Gasteiger partial charge < -0.3 is 4.74 Å². The standard InChI is InChI=1S/C14H20O2/c1-9(2)11-6-7-12(13(8-11)16-5)14(15)10(3)4/h6-10H,1-5H3. The van der Waals surface area contributed by atoms with E-state index in [1.54, 1.807) is 7.11 Å². The van der Waals surface area contributed by atoms with E-state index in [2.05, 4.69) is 13.8 Å². The van der Waals surface area contributed by atoms with Crippen LogP contribution in [0.15, 0.2) is 18.2 Å². The maximum Gasteiger partial charge on any atom is 0.169 e. The van der Waals surface area contributed by atoms with Gasteiger partial charge in [0.15, 0.2) is 5.78 Å². The predicted molar refractivity (Wildman–Crippen MR) is 66.3 cm³/mol. The predicted octanol–water partition coefficient (Wildman–Crippen LogP) is 3.66. The van der Waals surface area contributed by atoms with Crippen molar-refractivity contribution in [2.24, 2.45) is 5.92 Å². The Bertz CT molecular complexity index is 378. The Labute approximate surface area is 97.6 Å². The second-order valence-electron chi connectivity index (χ2n) is 4.63. The fraction of sp³-hybridized carbons (Fsp3) is 0.500. The van der Waals surface area contributed by atoms with Crippen LogP contribution in [-0.4, -0.2) is 12.9 Å². The molecule has 0 aromatic heterocycles. The van der Waals surface area contributed by atoms with Crippen molar-refractivity contribution in [1.82, 2.24) is 0 Å². The number of ketones is 1. The van der Waals surface area contributed by atoms with Crippen molar-refractivity contribution >= 4 is 5.78 Å². The van der Waals surface area contributed by atoms with Gasteiger partial charge in [0.25, 0.3) is 0 Å². The molecule has 2 nitrogen and oxygen atoms in total. The van der Waals surface area contributed by atoms with Gasteiger partial charge in [-0.2, -0.15) is 0 Å². The lowest BCUT2D eigenvalue weighted by atomic mass is 9.96. The first-order valence-corrected chi connectivity index (χ1v) is 5.69. The Hall–Kier alpha value is -1.31. The van der Waals surface area contributed by atoms with Crippen molar-refractivity contribution in [3.8, 4) is 5.75 Å². The van der Waals surface area contributed by atoms with Gasteiger partial charge in [-0.3, -0.25) is 4.79 Å². The molecule has 0 aliphatic heterocycles. The number of Topliss-reactive ketones (excluding diaryl/α,β-unsaturated/α-hetero) is 1. The van der Waals surface area contributed by atoms with Crippen molar-refractivity contribution in [1.29, 1.82) is 0 Å². The first kappa shape index (κ1) is 12.8. The van der Waals surface area contributed by atoms with Gasteiger partial charge >= 0.3 is 0 Å². The molecule has 0 spiro atoms. The van der Waals surface area contributed by atoms with Crippen molar-refractivity contribution in [2.75, 3.05) is 7.11 Å². The molecular weight excluding hydrogens is 200 g/mol. The lowest BCUT2D eigenvalue weighted by molar-refractivity contribution is 0.0936. The highest BCUT2D eigenvalue weighted by molar-refractivity contribution is 6.00. The summed E-state index contributed by atoms with van der Waals surface area (Å²) in [6, 6.07) is 5.83. The maximum absolute atomic E-state index is 11.9. The number of ether oxygens (including phenoxy) is 1. The summed E-state index contributed by atoms with van der Waals surface area (Å²) < 4.78 is 5.29. The Kier molecular flexibility index (Phi) is 4.11. The zero-order valence-electron chi connectivity index (χ0n) is 10.7. The van der Waals surface area contributed by atoms with E-state index in [1.807, 2.05) is 32.0 Å². The minimum absolute atomic E-state index is 0.00111. The van der Waals surface area contributed by atoms with Crippen LogP contribution < -0.4 is 4.74 Å². The average molecular weight is 220 g/mol. The molecule has 0 aliphatic rings. The lowest BCUT2D eigenvalue weighted by Gasteiger charge is -2.13. The van der Waals surface area contributed by atoms with Gasteiger partial charge in [0, 0.05) is 5.92 Å². The quantitative estimate of drug-likeness (QED) is 0.724. The Morgan fingerprint density at radius 1 is 1.19 bits per heavy atom. The average Bonchev–Trinajstić information content (AvgIpc) is 2.26. The van der Waals surface area contributed by atoms with Crippen LogP contribution in [0.3, 0.4) is 0 Å². The molecule has 1 aromatic carbocycles. The zero-order chi connectivity index (χ0) is 12.3. The van der Waals surface area contributed by atoms with Crippen LogP contribution in [0.4, 0.5) is 0 Å². The highest BCUT2D eigenvalue weighted by Gasteiger charge is 2.16. The second-order valence-corrected chi connectivity index (χ2v) is 4.63. The van der Waals surface area contributed by atoms with Crippen LogP contribution in [0, 0.1) is 5.92 Å². The first-order chi connectivity index (χ1) is 7.47. The van der Waals surface area contributed by atoms with Gasteiger partial charge in [0.1, 0.15) is 5.75 Å². The molecule has 0 radical (unpaired) electrons. The lowest BCUT2D eigenvalue weighted by Crippen LogP contribution is -2.09. The zero-order valence-corrected chi connectivity index (χ0v) is 10.7.